The molecule has 1 heterocycles. The summed E-state index contributed by atoms with van der Waals surface area (Å²) in [4.78, 5) is 39.4. The van der Waals surface area contributed by atoms with Crippen LogP contribution in [-0.2, 0) is 14.4 Å². The number of hydrogen-bond acceptors (Lipinski definition) is 5. The van der Waals surface area contributed by atoms with Crippen LogP contribution in [0.3, 0.4) is 0 Å². The Morgan fingerprint density at radius 1 is 1.10 bits per heavy atom. The summed E-state index contributed by atoms with van der Waals surface area (Å²) in [5.41, 5.74) is 0.581. The number of halogens is 2. The largest absolute Gasteiger partial charge is 0.490 e. The molecule has 0 saturated carbocycles. The average molecular weight is 439 g/mol. The molecule has 170 valence electrons. The summed E-state index contributed by atoms with van der Waals surface area (Å²) in [5.74, 6) is -1.44. The number of amides is 3. The van der Waals surface area contributed by atoms with Crippen LogP contribution in [0.2, 0.25) is 0 Å². The number of benzene rings is 1. The highest BCUT2D eigenvalue weighted by Gasteiger charge is 2.27. The van der Waals surface area contributed by atoms with E-state index in [1.165, 1.54) is 29.2 Å². The number of ether oxygens (including phenoxy) is 2. The van der Waals surface area contributed by atoms with E-state index in [1.807, 2.05) is 0 Å². The summed E-state index contributed by atoms with van der Waals surface area (Å²) in [6.45, 7) is 3.68. The van der Waals surface area contributed by atoms with E-state index in [9.17, 15) is 23.2 Å². The first-order valence-corrected chi connectivity index (χ1v) is 9.99. The van der Waals surface area contributed by atoms with Crippen molar-refractivity contribution in [1.29, 1.82) is 0 Å². The van der Waals surface area contributed by atoms with E-state index in [4.69, 9.17) is 4.74 Å². The van der Waals surface area contributed by atoms with Gasteiger partial charge in [-0.3, -0.25) is 14.4 Å². The van der Waals surface area contributed by atoms with Gasteiger partial charge in [0.2, 0.25) is 5.91 Å². The van der Waals surface area contributed by atoms with Crippen molar-refractivity contribution in [1.82, 2.24) is 15.1 Å². The third-order valence-corrected chi connectivity index (χ3v) is 4.39. The number of piperazine rings is 1. The van der Waals surface area contributed by atoms with Gasteiger partial charge in [0, 0.05) is 38.3 Å². The molecule has 1 N–H and O–H groups in total. The van der Waals surface area contributed by atoms with Gasteiger partial charge < -0.3 is 24.6 Å². The number of carbonyl (C=O) groups is 3. The summed E-state index contributed by atoms with van der Waals surface area (Å²) in [7, 11) is 0. The lowest BCUT2D eigenvalue weighted by molar-refractivity contribution is -0.148. The molecule has 0 spiro atoms. The average Bonchev–Trinajstić information content (AvgIpc) is 2.72. The first kappa shape index (κ1) is 24.1. The van der Waals surface area contributed by atoms with Gasteiger partial charge in [-0.2, -0.15) is 8.78 Å². The molecule has 1 aliphatic heterocycles. The predicted octanol–water partition coefficient (Wildman–Crippen LogP) is 1.90. The fraction of sp³-hybridized carbons (Fsp3) is 0.476. The monoisotopic (exact) mass is 439 g/mol. The van der Waals surface area contributed by atoms with E-state index in [0.717, 1.165) is 0 Å². The third kappa shape index (κ3) is 7.23. The SMILES string of the molecule is CCOc1cc(C=CC(=O)N2CCN(C(=O)C(=O)NC(C)C)CC2)ccc1OC(F)F. The van der Waals surface area contributed by atoms with Crippen molar-refractivity contribution < 1.29 is 32.6 Å². The highest BCUT2D eigenvalue weighted by atomic mass is 19.3. The van der Waals surface area contributed by atoms with Crippen LogP contribution < -0.4 is 14.8 Å². The number of alkyl halides is 2. The lowest BCUT2D eigenvalue weighted by Gasteiger charge is -2.33. The second-order valence-corrected chi connectivity index (χ2v) is 7.10. The maximum absolute atomic E-state index is 12.5. The zero-order chi connectivity index (χ0) is 23.0. The van der Waals surface area contributed by atoms with Crippen LogP contribution >= 0.6 is 0 Å². The summed E-state index contributed by atoms with van der Waals surface area (Å²) >= 11 is 0. The second kappa shape index (κ2) is 11.3. The van der Waals surface area contributed by atoms with Crippen LogP contribution in [0.25, 0.3) is 6.08 Å². The van der Waals surface area contributed by atoms with E-state index < -0.39 is 18.4 Å². The molecule has 2 rings (SSSR count). The van der Waals surface area contributed by atoms with Crippen molar-refractivity contribution in [3.8, 4) is 11.5 Å². The van der Waals surface area contributed by atoms with E-state index in [-0.39, 0.29) is 43.1 Å². The molecule has 0 aliphatic carbocycles. The Balaban J connectivity index is 1.94. The lowest BCUT2D eigenvalue weighted by Crippen LogP contribution is -2.54. The van der Waals surface area contributed by atoms with Gasteiger partial charge in [-0.1, -0.05) is 6.07 Å². The van der Waals surface area contributed by atoms with Crippen LogP contribution in [0.5, 0.6) is 11.5 Å². The number of nitrogens with one attached hydrogen (secondary N) is 1. The maximum atomic E-state index is 12.5. The number of hydrogen-bond donors (Lipinski definition) is 1. The highest BCUT2D eigenvalue weighted by molar-refractivity contribution is 6.35. The molecule has 1 fully saturated rings. The van der Waals surface area contributed by atoms with E-state index in [2.05, 4.69) is 10.1 Å². The van der Waals surface area contributed by atoms with Crippen molar-refractivity contribution in [3.05, 3.63) is 29.8 Å². The zero-order valence-electron chi connectivity index (χ0n) is 17.8. The fourth-order valence-electron chi connectivity index (χ4n) is 2.96. The molecule has 0 aromatic heterocycles. The van der Waals surface area contributed by atoms with Crippen molar-refractivity contribution in [2.75, 3.05) is 32.8 Å². The molecular formula is C21H27F2N3O5. The van der Waals surface area contributed by atoms with Crippen LogP contribution in [0.4, 0.5) is 8.78 Å². The molecule has 0 unspecified atom stereocenters. The van der Waals surface area contributed by atoms with Crippen molar-refractivity contribution in [2.45, 2.75) is 33.4 Å². The minimum absolute atomic E-state index is 0.0809. The summed E-state index contributed by atoms with van der Waals surface area (Å²) in [6, 6.07) is 4.26. The number of rotatable bonds is 7. The van der Waals surface area contributed by atoms with Crippen molar-refractivity contribution in [2.24, 2.45) is 0 Å². The van der Waals surface area contributed by atoms with Crippen LogP contribution in [-0.4, -0.2) is 73.0 Å². The Morgan fingerprint density at radius 3 is 2.32 bits per heavy atom. The number of carbonyl (C=O) groups excluding carboxylic acids is 3. The van der Waals surface area contributed by atoms with Gasteiger partial charge in [0.05, 0.1) is 6.61 Å². The molecule has 1 aromatic carbocycles. The summed E-state index contributed by atoms with van der Waals surface area (Å²) in [6.07, 6.45) is 2.91. The molecule has 8 nitrogen and oxygen atoms in total. The van der Waals surface area contributed by atoms with Gasteiger partial charge in [0.15, 0.2) is 11.5 Å². The quantitative estimate of drug-likeness (QED) is 0.518. The topological polar surface area (TPSA) is 88.2 Å². The normalized spacial score (nSPS) is 14.3. The van der Waals surface area contributed by atoms with Gasteiger partial charge in [-0.05, 0) is 44.5 Å². The van der Waals surface area contributed by atoms with Crippen molar-refractivity contribution >= 4 is 23.8 Å². The molecule has 1 aromatic rings. The molecular weight excluding hydrogens is 412 g/mol. The predicted molar refractivity (Wildman–Crippen MR) is 110 cm³/mol. The lowest BCUT2D eigenvalue weighted by atomic mass is 10.2. The summed E-state index contributed by atoms with van der Waals surface area (Å²) in [5, 5.41) is 2.56. The minimum Gasteiger partial charge on any atom is -0.490 e. The maximum Gasteiger partial charge on any atom is 0.387 e. The first-order chi connectivity index (χ1) is 14.7. The van der Waals surface area contributed by atoms with Gasteiger partial charge in [0.25, 0.3) is 0 Å². The Labute approximate surface area is 179 Å². The molecule has 31 heavy (non-hydrogen) atoms. The molecule has 10 heteroatoms. The third-order valence-electron chi connectivity index (χ3n) is 4.39. The Morgan fingerprint density at radius 2 is 1.74 bits per heavy atom. The minimum atomic E-state index is -2.97. The Kier molecular flexibility index (Phi) is 8.77. The fourth-order valence-corrected chi connectivity index (χ4v) is 2.96. The number of nitrogens with zero attached hydrogens (tertiary/aromatic N) is 2. The van der Waals surface area contributed by atoms with Crippen LogP contribution in [0.15, 0.2) is 24.3 Å². The van der Waals surface area contributed by atoms with Gasteiger partial charge >= 0.3 is 18.4 Å². The van der Waals surface area contributed by atoms with Gasteiger partial charge in [0.1, 0.15) is 0 Å². The second-order valence-electron chi connectivity index (χ2n) is 7.10. The van der Waals surface area contributed by atoms with E-state index in [1.54, 1.807) is 31.7 Å². The highest BCUT2D eigenvalue weighted by Crippen LogP contribution is 2.30. The Hall–Kier alpha value is -3.17. The molecule has 0 atom stereocenters. The molecule has 0 bridgehead atoms. The zero-order valence-corrected chi connectivity index (χ0v) is 17.8. The standard InChI is InChI=1S/C21H27F2N3O5/c1-4-30-17-13-15(5-7-16(17)31-21(22)23)6-8-18(27)25-9-11-26(12-10-25)20(29)19(28)24-14(2)3/h5-8,13-14,21H,4,9-12H2,1-3H3,(H,24,28). The molecule has 3 amide bonds. The smallest absolute Gasteiger partial charge is 0.387 e. The molecule has 1 aliphatic rings. The van der Waals surface area contributed by atoms with Crippen molar-refractivity contribution in [3.63, 3.8) is 0 Å². The summed E-state index contributed by atoms with van der Waals surface area (Å²) < 4.78 is 34.7. The van der Waals surface area contributed by atoms with Crippen LogP contribution in [0.1, 0.15) is 26.3 Å². The van der Waals surface area contributed by atoms with E-state index >= 15 is 0 Å². The Bertz CT molecular complexity index is 821. The van der Waals surface area contributed by atoms with Gasteiger partial charge in [-0.25, -0.2) is 0 Å². The molecule has 0 radical (unpaired) electrons. The van der Waals surface area contributed by atoms with Gasteiger partial charge in [-0.15, -0.1) is 0 Å². The first-order valence-electron chi connectivity index (χ1n) is 9.99. The van der Waals surface area contributed by atoms with Crippen LogP contribution in [0, 0.1) is 0 Å². The van der Waals surface area contributed by atoms with E-state index in [0.29, 0.717) is 18.7 Å². The molecule has 1 saturated heterocycles.